The molecule has 0 atom stereocenters. The van der Waals surface area contributed by atoms with Gasteiger partial charge in [0.2, 0.25) is 0 Å². The van der Waals surface area contributed by atoms with Crippen molar-refractivity contribution in [2.75, 3.05) is 7.11 Å². The Kier molecular flexibility index (Phi) is 2.06. The first-order chi connectivity index (χ1) is 6.24. The molecule has 74 valence electrons. The lowest BCUT2D eigenvalue weighted by Gasteiger charge is -2.50. The smallest absolute Gasteiger partial charge is 0.0679 e. The molecule has 3 heteroatoms. The number of fused-ring (bicyclic) bond motifs is 3. The lowest BCUT2D eigenvalue weighted by atomic mass is 9.59. The highest BCUT2D eigenvalue weighted by Crippen LogP contribution is 2.52. The zero-order chi connectivity index (χ0) is 9.36. The van der Waals surface area contributed by atoms with E-state index in [-0.39, 0.29) is 11.0 Å². The molecule has 3 aliphatic carbocycles. The minimum Gasteiger partial charge on any atom is -0.411 e. The van der Waals surface area contributed by atoms with Gasteiger partial charge in [-0.2, -0.15) is 0 Å². The first kappa shape index (κ1) is 9.00. The molecule has 13 heavy (non-hydrogen) atoms. The van der Waals surface area contributed by atoms with E-state index < -0.39 is 0 Å². The van der Waals surface area contributed by atoms with Crippen LogP contribution in [0.4, 0.5) is 0 Å². The number of hydrogen-bond acceptors (Lipinski definition) is 3. The minimum absolute atomic E-state index is 0.158. The predicted octanol–water partition coefficient (Wildman–Crippen LogP) is 2.19. The van der Waals surface area contributed by atoms with Gasteiger partial charge in [-0.15, -0.1) is 5.16 Å². The van der Waals surface area contributed by atoms with Crippen LogP contribution in [0.5, 0.6) is 0 Å². The number of methoxy groups -OCH3 is 1. The fraction of sp³-hybridized carbons (Fsp3) is 0.900. The minimum atomic E-state index is 0.158. The third-order valence-electron chi connectivity index (χ3n) is 4.00. The average molecular weight is 183 g/mol. The molecule has 1 N–H and O–H groups in total. The molecule has 3 aliphatic rings. The van der Waals surface area contributed by atoms with Crippen LogP contribution in [0.15, 0.2) is 5.16 Å². The second-order valence-corrected chi connectivity index (χ2v) is 4.49. The van der Waals surface area contributed by atoms with E-state index in [2.05, 4.69) is 5.16 Å². The van der Waals surface area contributed by atoms with Crippen molar-refractivity contribution >= 4 is 6.21 Å². The fourth-order valence-electron chi connectivity index (χ4n) is 2.80. The van der Waals surface area contributed by atoms with Gasteiger partial charge >= 0.3 is 0 Å². The number of oxime groups is 1. The van der Waals surface area contributed by atoms with Crippen LogP contribution >= 0.6 is 0 Å². The van der Waals surface area contributed by atoms with Gasteiger partial charge in [0.1, 0.15) is 0 Å². The summed E-state index contributed by atoms with van der Waals surface area (Å²) in [6.07, 6.45) is 8.45. The maximum absolute atomic E-state index is 8.59. The summed E-state index contributed by atoms with van der Waals surface area (Å²) in [6, 6.07) is 0. The van der Waals surface area contributed by atoms with Crippen LogP contribution < -0.4 is 0 Å². The Hall–Kier alpha value is -0.570. The van der Waals surface area contributed by atoms with Crippen molar-refractivity contribution < 1.29 is 9.94 Å². The Labute approximate surface area is 78.8 Å². The second kappa shape index (κ2) is 2.98. The molecule has 0 aromatic rings. The molecule has 0 heterocycles. The monoisotopic (exact) mass is 183 g/mol. The van der Waals surface area contributed by atoms with Gasteiger partial charge in [-0.25, -0.2) is 0 Å². The lowest BCUT2D eigenvalue weighted by molar-refractivity contribution is -0.0981. The van der Waals surface area contributed by atoms with Crippen molar-refractivity contribution in [2.24, 2.45) is 10.6 Å². The Morgan fingerprint density at radius 3 is 2.08 bits per heavy atom. The van der Waals surface area contributed by atoms with Crippen molar-refractivity contribution in [1.29, 1.82) is 0 Å². The van der Waals surface area contributed by atoms with Crippen LogP contribution in [0.3, 0.4) is 0 Å². The molecular weight excluding hydrogens is 166 g/mol. The summed E-state index contributed by atoms with van der Waals surface area (Å²) in [5.41, 5.74) is 0.347. The third kappa shape index (κ3) is 1.35. The van der Waals surface area contributed by atoms with Crippen molar-refractivity contribution in [2.45, 2.75) is 44.1 Å². The molecule has 3 nitrogen and oxygen atoms in total. The van der Waals surface area contributed by atoms with Gasteiger partial charge in [-0.05, 0) is 38.5 Å². The summed E-state index contributed by atoms with van der Waals surface area (Å²) < 4.78 is 5.58. The van der Waals surface area contributed by atoms with Crippen molar-refractivity contribution in [3.05, 3.63) is 0 Å². The van der Waals surface area contributed by atoms with Crippen LogP contribution in [-0.4, -0.2) is 24.1 Å². The van der Waals surface area contributed by atoms with Crippen LogP contribution in [0.1, 0.15) is 38.5 Å². The maximum atomic E-state index is 8.59. The lowest BCUT2D eigenvalue weighted by Crippen LogP contribution is -2.47. The van der Waals surface area contributed by atoms with Crippen LogP contribution in [0, 0.1) is 5.41 Å². The van der Waals surface area contributed by atoms with Crippen LogP contribution in [0.25, 0.3) is 0 Å². The zero-order valence-corrected chi connectivity index (χ0v) is 8.12. The quantitative estimate of drug-likeness (QED) is 0.405. The summed E-state index contributed by atoms with van der Waals surface area (Å²) in [7, 11) is 1.82. The standard InChI is InChI=1S/C10H17NO2/c1-13-10-5-2-9(3-6-10,4-7-10)8-11-12/h8,12H,2-7H2,1H3. The van der Waals surface area contributed by atoms with E-state index in [0.29, 0.717) is 0 Å². The Morgan fingerprint density at radius 2 is 1.69 bits per heavy atom. The molecule has 2 bridgehead atoms. The fourth-order valence-corrected chi connectivity index (χ4v) is 2.80. The highest BCUT2D eigenvalue weighted by molar-refractivity contribution is 5.65. The van der Waals surface area contributed by atoms with Crippen LogP contribution in [-0.2, 0) is 4.74 Å². The summed E-state index contributed by atoms with van der Waals surface area (Å²) in [4.78, 5) is 0. The van der Waals surface area contributed by atoms with E-state index in [1.807, 2.05) is 7.11 Å². The van der Waals surface area contributed by atoms with E-state index >= 15 is 0 Å². The second-order valence-electron chi connectivity index (χ2n) is 4.49. The first-order valence-electron chi connectivity index (χ1n) is 4.98. The Balaban J connectivity index is 2.11. The van der Waals surface area contributed by atoms with E-state index in [9.17, 15) is 0 Å². The SMILES string of the molecule is COC12CCC(C=NO)(CC1)CC2. The summed E-state index contributed by atoms with van der Waals surface area (Å²) in [5.74, 6) is 0. The molecule has 3 rings (SSSR count). The predicted molar refractivity (Wildman–Crippen MR) is 50.2 cm³/mol. The van der Waals surface area contributed by atoms with Crippen molar-refractivity contribution in [1.82, 2.24) is 0 Å². The molecule has 3 saturated carbocycles. The molecule has 0 radical (unpaired) electrons. The molecule has 0 aromatic carbocycles. The zero-order valence-electron chi connectivity index (χ0n) is 8.12. The van der Waals surface area contributed by atoms with Gasteiger partial charge in [0.15, 0.2) is 0 Å². The summed E-state index contributed by atoms with van der Waals surface area (Å²) >= 11 is 0. The van der Waals surface area contributed by atoms with Gasteiger partial charge < -0.3 is 9.94 Å². The van der Waals surface area contributed by atoms with Gasteiger partial charge in [-0.3, -0.25) is 0 Å². The molecule has 3 fully saturated rings. The normalized spacial score (nSPS) is 44.4. The van der Waals surface area contributed by atoms with E-state index in [0.717, 1.165) is 38.5 Å². The number of nitrogens with zero attached hydrogens (tertiary/aromatic N) is 1. The molecule has 0 amide bonds. The molecule has 0 saturated heterocycles. The van der Waals surface area contributed by atoms with Gasteiger partial charge in [0.05, 0.1) is 5.60 Å². The first-order valence-corrected chi connectivity index (χ1v) is 4.98. The summed E-state index contributed by atoms with van der Waals surface area (Å²) in [5, 5.41) is 11.8. The van der Waals surface area contributed by atoms with E-state index in [1.54, 1.807) is 6.21 Å². The Morgan fingerprint density at radius 1 is 1.15 bits per heavy atom. The van der Waals surface area contributed by atoms with Crippen molar-refractivity contribution in [3.63, 3.8) is 0 Å². The number of ether oxygens (including phenoxy) is 1. The van der Waals surface area contributed by atoms with Gasteiger partial charge in [-0.1, -0.05) is 0 Å². The molecule has 0 aliphatic heterocycles. The number of hydrogen-bond donors (Lipinski definition) is 1. The third-order valence-corrected chi connectivity index (χ3v) is 4.00. The van der Waals surface area contributed by atoms with Gasteiger partial charge in [0.25, 0.3) is 0 Å². The molecule has 0 aromatic heterocycles. The van der Waals surface area contributed by atoms with E-state index in [4.69, 9.17) is 9.94 Å². The highest BCUT2D eigenvalue weighted by Gasteiger charge is 2.48. The molecule has 0 unspecified atom stereocenters. The van der Waals surface area contributed by atoms with Gasteiger partial charge in [0, 0.05) is 18.7 Å². The largest absolute Gasteiger partial charge is 0.411 e. The maximum Gasteiger partial charge on any atom is 0.0679 e. The van der Waals surface area contributed by atoms with Crippen LogP contribution in [0.2, 0.25) is 0 Å². The number of rotatable bonds is 2. The highest BCUT2D eigenvalue weighted by atomic mass is 16.5. The Bertz CT molecular complexity index is 200. The molecular formula is C10H17NO2. The summed E-state index contributed by atoms with van der Waals surface area (Å²) in [6.45, 7) is 0. The average Bonchev–Trinajstić information content (AvgIpc) is 2.21. The molecule has 0 spiro atoms. The van der Waals surface area contributed by atoms with Crippen molar-refractivity contribution in [3.8, 4) is 0 Å². The topological polar surface area (TPSA) is 41.8 Å². The van der Waals surface area contributed by atoms with E-state index in [1.165, 1.54) is 0 Å².